The summed E-state index contributed by atoms with van der Waals surface area (Å²) in [6.07, 6.45) is 0. The highest BCUT2D eigenvalue weighted by atomic mass is 32.1. The third-order valence-electron chi connectivity index (χ3n) is 4.46. The number of aromatic amines is 1. The largest absolute Gasteiger partial charge is 0.346 e. The summed E-state index contributed by atoms with van der Waals surface area (Å²) in [7, 11) is 0. The molecular formula is C20H19N5OS. The second-order valence-electron chi connectivity index (χ2n) is 6.22. The number of hydrogen-bond acceptors (Lipinski definition) is 4. The van der Waals surface area contributed by atoms with Crippen molar-refractivity contribution >= 4 is 17.2 Å². The molecule has 1 amide bonds. The predicted molar refractivity (Wildman–Crippen MR) is 106 cm³/mol. The van der Waals surface area contributed by atoms with Crippen molar-refractivity contribution in [1.29, 1.82) is 0 Å². The lowest BCUT2D eigenvalue weighted by Gasteiger charge is -2.06. The molecule has 0 radical (unpaired) electrons. The van der Waals surface area contributed by atoms with Crippen LogP contribution in [0, 0.1) is 13.8 Å². The SMILES string of the molecule is Cc1nn(-c2ccccc2)c(C)c1CNC(=O)c1cc(-c2cccs2)[nH]n1. The number of thiophene rings is 1. The molecule has 1 aromatic carbocycles. The summed E-state index contributed by atoms with van der Waals surface area (Å²) in [5, 5.41) is 16.6. The number of carbonyl (C=O) groups is 1. The average molecular weight is 377 g/mol. The Morgan fingerprint density at radius 1 is 1.19 bits per heavy atom. The topological polar surface area (TPSA) is 75.6 Å². The second-order valence-corrected chi connectivity index (χ2v) is 7.17. The van der Waals surface area contributed by atoms with E-state index >= 15 is 0 Å². The zero-order valence-corrected chi connectivity index (χ0v) is 15.9. The molecule has 0 unspecified atom stereocenters. The van der Waals surface area contributed by atoms with Gasteiger partial charge in [0.15, 0.2) is 5.69 Å². The fraction of sp³-hybridized carbons (Fsp3) is 0.150. The Morgan fingerprint density at radius 2 is 2.00 bits per heavy atom. The maximum atomic E-state index is 12.5. The van der Waals surface area contributed by atoms with E-state index in [1.54, 1.807) is 17.4 Å². The van der Waals surface area contributed by atoms with Crippen LogP contribution in [0.5, 0.6) is 0 Å². The van der Waals surface area contributed by atoms with Crippen LogP contribution in [0.3, 0.4) is 0 Å². The van der Waals surface area contributed by atoms with Crippen molar-refractivity contribution in [3.8, 4) is 16.3 Å². The van der Waals surface area contributed by atoms with Crippen LogP contribution in [-0.4, -0.2) is 25.9 Å². The van der Waals surface area contributed by atoms with Crippen LogP contribution in [0.15, 0.2) is 53.9 Å². The Morgan fingerprint density at radius 3 is 2.74 bits per heavy atom. The van der Waals surface area contributed by atoms with Crippen molar-refractivity contribution in [1.82, 2.24) is 25.3 Å². The number of para-hydroxylation sites is 1. The zero-order valence-electron chi connectivity index (χ0n) is 15.1. The predicted octanol–water partition coefficient (Wildman–Crippen LogP) is 3.87. The standard InChI is InChI=1S/C20H19N5OS/c1-13-16(14(2)25(24-13)15-7-4-3-5-8-15)12-21-20(26)18-11-17(22-23-18)19-9-6-10-27-19/h3-11H,12H2,1-2H3,(H,21,26)(H,22,23). The van der Waals surface area contributed by atoms with Crippen molar-refractivity contribution in [2.24, 2.45) is 0 Å². The number of benzene rings is 1. The molecule has 0 aliphatic carbocycles. The monoisotopic (exact) mass is 377 g/mol. The van der Waals surface area contributed by atoms with Crippen LogP contribution in [0.25, 0.3) is 16.3 Å². The van der Waals surface area contributed by atoms with E-state index in [4.69, 9.17) is 0 Å². The number of nitrogens with zero attached hydrogens (tertiary/aromatic N) is 3. The molecule has 0 saturated heterocycles. The third kappa shape index (κ3) is 3.41. The number of carbonyl (C=O) groups excluding carboxylic acids is 1. The van der Waals surface area contributed by atoms with Gasteiger partial charge in [-0.25, -0.2) is 4.68 Å². The molecule has 4 rings (SSSR count). The van der Waals surface area contributed by atoms with Crippen LogP contribution in [0.2, 0.25) is 0 Å². The Balaban J connectivity index is 1.49. The highest BCUT2D eigenvalue weighted by Gasteiger charge is 2.16. The van der Waals surface area contributed by atoms with E-state index in [1.165, 1.54) is 0 Å². The lowest BCUT2D eigenvalue weighted by Crippen LogP contribution is -2.23. The molecule has 6 nitrogen and oxygen atoms in total. The molecule has 0 fully saturated rings. The molecule has 0 spiro atoms. The minimum atomic E-state index is -0.208. The van der Waals surface area contributed by atoms with Gasteiger partial charge < -0.3 is 5.32 Å². The summed E-state index contributed by atoms with van der Waals surface area (Å²) in [6, 6.07) is 15.7. The lowest BCUT2D eigenvalue weighted by molar-refractivity contribution is 0.0946. The maximum absolute atomic E-state index is 12.5. The first-order valence-corrected chi connectivity index (χ1v) is 9.49. The van der Waals surface area contributed by atoms with Gasteiger partial charge in [-0.15, -0.1) is 11.3 Å². The first-order valence-electron chi connectivity index (χ1n) is 8.61. The van der Waals surface area contributed by atoms with Crippen LogP contribution in [-0.2, 0) is 6.54 Å². The van der Waals surface area contributed by atoms with Gasteiger partial charge in [0.2, 0.25) is 0 Å². The first kappa shape index (κ1) is 17.2. The first-order chi connectivity index (χ1) is 13.1. The van der Waals surface area contributed by atoms with Gasteiger partial charge in [0, 0.05) is 17.8 Å². The van der Waals surface area contributed by atoms with E-state index in [0.29, 0.717) is 12.2 Å². The molecule has 27 heavy (non-hydrogen) atoms. The summed E-state index contributed by atoms with van der Waals surface area (Å²) in [5.41, 5.74) is 5.16. The fourth-order valence-electron chi connectivity index (χ4n) is 3.01. The average Bonchev–Trinajstić information content (AvgIpc) is 3.42. The van der Waals surface area contributed by atoms with E-state index in [1.807, 2.05) is 66.4 Å². The Bertz CT molecular complexity index is 1060. The molecular weight excluding hydrogens is 358 g/mol. The summed E-state index contributed by atoms with van der Waals surface area (Å²) >= 11 is 1.60. The van der Waals surface area contributed by atoms with Gasteiger partial charge in [0.1, 0.15) is 0 Å². The van der Waals surface area contributed by atoms with Crippen molar-refractivity contribution < 1.29 is 4.79 Å². The van der Waals surface area contributed by atoms with Gasteiger partial charge in [-0.3, -0.25) is 9.89 Å². The number of rotatable bonds is 5. The third-order valence-corrected chi connectivity index (χ3v) is 5.37. The van der Waals surface area contributed by atoms with Gasteiger partial charge in [0.25, 0.3) is 5.91 Å². The zero-order chi connectivity index (χ0) is 18.8. The number of aryl methyl sites for hydroxylation is 1. The Hall–Kier alpha value is -3.19. The van der Waals surface area contributed by atoms with Crippen LogP contribution in [0.1, 0.15) is 27.4 Å². The molecule has 0 bridgehead atoms. The minimum absolute atomic E-state index is 0.208. The van der Waals surface area contributed by atoms with Crippen LogP contribution in [0.4, 0.5) is 0 Å². The Kier molecular flexibility index (Phi) is 4.60. The normalized spacial score (nSPS) is 10.9. The molecule has 0 atom stereocenters. The van der Waals surface area contributed by atoms with Crippen molar-refractivity contribution in [2.45, 2.75) is 20.4 Å². The minimum Gasteiger partial charge on any atom is -0.346 e. The molecule has 2 N–H and O–H groups in total. The molecule has 3 aromatic heterocycles. The number of H-pyrrole nitrogens is 1. The lowest BCUT2D eigenvalue weighted by atomic mass is 10.2. The molecule has 3 heterocycles. The number of aromatic nitrogens is 4. The molecule has 136 valence electrons. The van der Waals surface area contributed by atoms with Crippen LogP contribution >= 0.6 is 11.3 Å². The van der Waals surface area contributed by atoms with E-state index in [9.17, 15) is 4.79 Å². The number of nitrogens with one attached hydrogen (secondary N) is 2. The number of hydrogen-bond donors (Lipinski definition) is 2. The molecule has 4 aromatic rings. The van der Waals surface area contributed by atoms with Gasteiger partial charge >= 0.3 is 0 Å². The van der Waals surface area contributed by atoms with Crippen LogP contribution < -0.4 is 5.32 Å². The molecule has 0 aliphatic heterocycles. The summed E-state index contributed by atoms with van der Waals surface area (Å²) < 4.78 is 1.90. The highest BCUT2D eigenvalue weighted by molar-refractivity contribution is 7.13. The molecule has 0 saturated carbocycles. The fourth-order valence-corrected chi connectivity index (χ4v) is 3.70. The Labute approximate surface area is 160 Å². The van der Waals surface area contributed by atoms with Gasteiger partial charge in [-0.1, -0.05) is 24.3 Å². The molecule has 7 heteroatoms. The maximum Gasteiger partial charge on any atom is 0.272 e. The van der Waals surface area contributed by atoms with Gasteiger partial charge in [-0.05, 0) is 43.5 Å². The van der Waals surface area contributed by atoms with Gasteiger partial charge in [0.05, 0.1) is 22.0 Å². The summed E-state index contributed by atoms with van der Waals surface area (Å²) in [4.78, 5) is 13.5. The summed E-state index contributed by atoms with van der Waals surface area (Å²) in [6.45, 7) is 4.37. The second kappa shape index (κ2) is 7.20. The van der Waals surface area contributed by atoms with Crippen molar-refractivity contribution in [3.05, 3.63) is 76.6 Å². The van der Waals surface area contributed by atoms with Crippen molar-refractivity contribution in [3.63, 3.8) is 0 Å². The van der Waals surface area contributed by atoms with E-state index < -0.39 is 0 Å². The number of amides is 1. The van der Waals surface area contributed by atoms with Gasteiger partial charge in [-0.2, -0.15) is 10.2 Å². The highest BCUT2D eigenvalue weighted by Crippen LogP contribution is 2.23. The van der Waals surface area contributed by atoms with E-state index in [-0.39, 0.29) is 5.91 Å². The summed E-state index contributed by atoms with van der Waals surface area (Å²) in [5.74, 6) is -0.208. The smallest absolute Gasteiger partial charge is 0.272 e. The van der Waals surface area contributed by atoms with Crippen molar-refractivity contribution in [2.75, 3.05) is 0 Å². The van der Waals surface area contributed by atoms with E-state index in [0.717, 1.165) is 33.2 Å². The van der Waals surface area contributed by atoms with E-state index in [2.05, 4.69) is 20.6 Å². The quantitative estimate of drug-likeness (QED) is 0.554. The molecule has 0 aliphatic rings.